The number of aryl methyl sites for hydroxylation is 1. The smallest absolute Gasteiger partial charge is 0.305 e. The van der Waals surface area contributed by atoms with E-state index in [0.717, 1.165) is 0 Å². The molecule has 0 saturated heterocycles. The first-order chi connectivity index (χ1) is 7.91. The summed E-state index contributed by atoms with van der Waals surface area (Å²) in [6, 6.07) is 2.78. The van der Waals surface area contributed by atoms with E-state index in [1.54, 1.807) is 6.92 Å². The van der Waals surface area contributed by atoms with Crippen LogP contribution in [0.3, 0.4) is 0 Å². The fourth-order valence-corrected chi connectivity index (χ4v) is 1.53. The van der Waals surface area contributed by atoms with E-state index < -0.39 is 10.9 Å². The molecule has 0 fully saturated rings. The monoisotopic (exact) mass is 258 g/mol. The van der Waals surface area contributed by atoms with Gasteiger partial charge in [-0.25, -0.2) is 0 Å². The number of benzene rings is 1. The Morgan fingerprint density at radius 3 is 2.76 bits per heavy atom. The van der Waals surface area contributed by atoms with E-state index in [1.807, 2.05) is 0 Å². The molecule has 17 heavy (non-hydrogen) atoms. The van der Waals surface area contributed by atoms with Crippen LogP contribution in [0, 0.1) is 17.0 Å². The van der Waals surface area contributed by atoms with Crippen LogP contribution < -0.4 is 5.32 Å². The zero-order chi connectivity index (χ0) is 13.0. The molecule has 0 bridgehead atoms. The van der Waals surface area contributed by atoms with Gasteiger partial charge >= 0.3 is 5.97 Å². The fraction of sp³-hybridized carbons (Fsp3) is 0.300. The molecule has 0 spiro atoms. The van der Waals surface area contributed by atoms with E-state index in [0.29, 0.717) is 11.3 Å². The number of carboxylic acid groups (broad SMARTS) is 1. The normalized spacial score (nSPS) is 10.0. The third-order valence-corrected chi connectivity index (χ3v) is 2.45. The second-order valence-electron chi connectivity index (χ2n) is 3.45. The molecule has 1 rings (SSSR count). The van der Waals surface area contributed by atoms with Gasteiger partial charge in [-0.05, 0) is 18.6 Å². The van der Waals surface area contributed by atoms with Gasteiger partial charge in [-0.1, -0.05) is 11.6 Å². The number of anilines is 1. The first kappa shape index (κ1) is 13.2. The molecular weight excluding hydrogens is 248 g/mol. The number of aliphatic carboxylic acids is 1. The zero-order valence-corrected chi connectivity index (χ0v) is 9.82. The number of rotatable bonds is 5. The Kier molecular flexibility index (Phi) is 4.28. The van der Waals surface area contributed by atoms with E-state index >= 15 is 0 Å². The van der Waals surface area contributed by atoms with E-state index in [9.17, 15) is 14.9 Å². The van der Waals surface area contributed by atoms with Crippen molar-refractivity contribution < 1.29 is 14.8 Å². The Morgan fingerprint density at radius 2 is 2.24 bits per heavy atom. The van der Waals surface area contributed by atoms with Gasteiger partial charge in [0.1, 0.15) is 5.02 Å². The molecule has 0 aliphatic rings. The number of hydrogen-bond donors (Lipinski definition) is 2. The van der Waals surface area contributed by atoms with Crippen molar-refractivity contribution >= 4 is 28.9 Å². The average Bonchev–Trinajstić information content (AvgIpc) is 2.21. The van der Waals surface area contributed by atoms with Crippen LogP contribution in [-0.4, -0.2) is 22.5 Å². The molecule has 6 nitrogen and oxygen atoms in total. The zero-order valence-electron chi connectivity index (χ0n) is 9.07. The van der Waals surface area contributed by atoms with Crippen molar-refractivity contribution in [2.75, 3.05) is 11.9 Å². The van der Waals surface area contributed by atoms with Crippen LogP contribution in [0.25, 0.3) is 0 Å². The molecule has 0 atom stereocenters. The molecule has 0 amide bonds. The van der Waals surface area contributed by atoms with Crippen molar-refractivity contribution in [3.05, 3.63) is 32.8 Å². The quantitative estimate of drug-likeness (QED) is 0.625. The summed E-state index contributed by atoms with van der Waals surface area (Å²) in [5.41, 5.74) is 1.08. The lowest BCUT2D eigenvalue weighted by Gasteiger charge is -2.09. The first-order valence-electron chi connectivity index (χ1n) is 4.82. The molecule has 92 valence electrons. The van der Waals surface area contributed by atoms with Crippen LogP contribution in [0.1, 0.15) is 12.0 Å². The van der Waals surface area contributed by atoms with E-state index in [-0.39, 0.29) is 23.7 Å². The van der Waals surface area contributed by atoms with Gasteiger partial charge in [-0.3, -0.25) is 14.9 Å². The number of hydrogen-bond acceptors (Lipinski definition) is 4. The maximum absolute atomic E-state index is 10.6. The largest absolute Gasteiger partial charge is 0.481 e. The number of carboxylic acids is 1. The van der Waals surface area contributed by atoms with E-state index in [1.165, 1.54) is 12.1 Å². The van der Waals surface area contributed by atoms with Gasteiger partial charge in [0.25, 0.3) is 5.69 Å². The van der Waals surface area contributed by atoms with Crippen molar-refractivity contribution in [2.24, 2.45) is 0 Å². The summed E-state index contributed by atoms with van der Waals surface area (Å²) in [6.07, 6.45) is -0.0337. The minimum Gasteiger partial charge on any atom is -0.481 e. The van der Waals surface area contributed by atoms with Gasteiger partial charge in [-0.2, -0.15) is 0 Å². The third kappa shape index (κ3) is 3.60. The van der Waals surface area contributed by atoms with Crippen molar-refractivity contribution in [3.8, 4) is 0 Å². The van der Waals surface area contributed by atoms with Gasteiger partial charge in [0.2, 0.25) is 0 Å². The number of carbonyl (C=O) groups is 1. The lowest BCUT2D eigenvalue weighted by Crippen LogP contribution is -2.08. The summed E-state index contributed by atoms with van der Waals surface area (Å²) in [5, 5.41) is 22.0. The number of nitrogens with zero attached hydrogens (tertiary/aromatic N) is 1. The highest BCUT2D eigenvalue weighted by atomic mass is 35.5. The molecule has 1 aromatic carbocycles. The van der Waals surface area contributed by atoms with Crippen LogP contribution in [0.15, 0.2) is 12.1 Å². The Hall–Kier alpha value is -1.82. The lowest BCUT2D eigenvalue weighted by molar-refractivity contribution is -0.384. The molecule has 2 N–H and O–H groups in total. The molecule has 0 unspecified atom stereocenters. The highest BCUT2D eigenvalue weighted by Crippen LogP contribution is 2.30. The molecule has 0 heterocycles. The maximum atomic E-state index is 10.6. The summed E-state index contributed by atoms with van der Waals surface area (Å²) in [7, 11) is 0. The number of nitro benzene ring substituents is 1. The number of halogens is 1. The summed E-state index contributed by atoms with van der Waals surface area (Å²) in [4.78, 5) is 20.4. The summed E-state index contributed by atoms with van der Waals surface area (Å²) >= 11 is 5.74. The topological polar surface area (TPSA) is 92.5 Å². The van der Waals surface area contributed by atoms with Crippen LogP contribution in [0.5, 0.6) is 0 Å². The Balaban J connectivity index is 2.84. The summed E-state index contributed by atoms with van der Waals surface area (Å²) in [5.74, 6) is -0.914. The predicted molar refractivity (Wildman–Crippen MR) is 63.6 cm³/mol. The highest BCUT2D eigenvalue weighted by Gasteiger charge is 2.14. The molecule has 0 aliphatic carbocycles. The van der Waals surface area contributed by atoms with Gasteiger partial charge in [-0.15, -0.1) is 0 Å². The summed E-state index contributed by atoms with van der Waals surface area (Å²) < 4.78 is 0. The molecule has 1 aromatic rings. The predicted octanol–water partition coefficient (Wildman–Crippen LogP) is 2.44. The fourth-order valence-electron chi connectivity index (χ4n) is 1.30. The summed E-state index contributed by atoms with van der Waals surface area (Å²) in [6.45, 7) is 1.93. The van der Waals surface area contributed by atoms with Crippen LogP contribution in [-0.2, 0) is 4.79 Å². The van der Waals surface area contributed by atoms with Gasteiger partial charge in [0.05, 0.1) is 11.3 Å². The van der Waals surface area contributed by atoms with Crippen molar-refractivity contribution in [1.82, 2.24) is 0 Å². The Bertz CT molecular complexity index is 462. The molecule has 7 heteroatoms. The number of nitrogens with one attached hydrogen (secondary N) is 1. The van der Waals surface area contributed by atoms with Gasteiger partial charge in [0, 0.05) is 18.3 Å². The standard InChI is InChI=1S/C10H11ClN2O4/c1-6-4-9(13(16)17)7(11)5-8(6)12-3-2-10(14)15/h4-5,12H,2-3H2,1H3,(H,14,15). The first-order valence-corrected chi connectivity index (χ1v) is 5.20. The van der Waals surface area contributed by atoms with Crippen LogP contribution in [0.4, 0.5) is 11.4 Å². The van der Waals surface area contributed by atoms with Gasteiger partial charge in [0.15, 0.2) is 0 Å². The van der Waals surface area contributed by atoms with Crippen molar-refractivity contribution in [3.63, 3.8) is 0 Å². The number of nitro groups is 1. The van der Waals surface area contributed by atoms with Crippen LogP contribution >= 0.6 is 11.6 Å². The minimum atomic E-state index is -0.914. The Labute approximate surface area is 102 Å². The maximum Gasteiger partial charge on any atom is 0.305 e. The second-order valence-corrected chi connectivity index (χ2v) is 3.85. The second kappa shape index (κ2) is 5.49. The average molecular weight is 259 g/mol. The molecule has 0 saturated carbocycles. The Morgan fingerprint density at radius 1 is 1.59 bits per heavy atom. The highest BCUT2D eigenvalue weighted by molar-refractivity contribution is 6.33. The molecule has 0 radical (unpaired) electrons. The van der Waals surface area contributed by atoms with Crippen LogP contribution in [0.2, 0.25) is 5.02 Å². The van der Waals surface area contributed by atoms with E-state index in [2.05, 4.69) is 5.32 Å². The molecular formula is C10H11ClN2O4. The van der Waals surface area contributed by atoms with Crippen molar-refractivity contribution in [1.29, 1.82) is 0 Å². The van der Waals surface area contributed by atoms with Crippen molar-refractivity contribution in [2.45, 2.75) is 13.3 Å². The van der Waals surface area contributed by atoms with Gasteiger partial charge < -0.3 is 10.4 Å². The third-order valence-electron chi connectivity index (χ3n) is 2.14. The van der Waals surface area contributed by atoms with E-state index in [4.69, 9.17) is 16.7 Å². The minimum absolute atomic E-state index is 0.0263. The SMILES string of the molecule is Cc1cc([N+](=O)[O-])c(Cl)cc1NCCC(=O)O. The lowest BCUT2D eigenvalue weighted by atomic mass is 10.1. The molecule has 0 aromatic heterocycles. The molecule has 0 aliphatic heterocycles.